The Morgan fingerprint density at radius 2 is 1.56 bits per heavy atom. The molecule has 0 bridgehead atoms. The lowest BCUT2D eigenvalue weighted by Crippen LogP contribution is -2.50. The summed E-state index contributed by atoms with van der Waals surface area (Å²) in [5.41, 5.74) is 1.76. The summed E-state index contributed by atoms with van der Waals surface area (Å²) in [5.74, 6) is -0.256. The van der Waals surface area contributed by atoms with E-state index >= 15 is 0 Å². The van der Waals surface area contributed by atoms with Crippen molar-refractivity contribution in [2.75, 3.05) is 0 Å². The molecule has 1 N–H and O–H groups in total. The quantitative estimate of drug-likeness (QED) is 0.334. The van der Waals surface area contributed by atoms with Gasteiger partial charge < -0.3 is 10.2 Å². The lowest BCUT2D eigenvalue weighted by Gasteiger charge is -2.32. The molecule has 3 rings (SSSR count). The zero-order valence-electron chi connectivity index (χ0n) is 20.0. The number of rotatable bonds is 10. The number of amides is 2. The first-order valence-corrected chi connectivity index (χ1v) is 12.6. The minimum atomic E-state index is -0.610. The van der Waals surface area contributed by atoms with Crippen LogP contribution in [-0.4, -0.2) is 28.8 Å². The summed E-state index contributed by atoms with van der Waals surface area (Å²) in [5, 5.41) is 6.28. The number of nitrogens with one attached hydrogen (secondary N) is 1. The predicted octanol–water partition coefficient (Wildman–Crippen LogP) is 6.80. The maximum Gasteiger partial charge on any atom is 0.243 e. The smallest absolute Gasteiger partial charge is 0.243 e. The highest BCUT2D eigenvalue weighted by Gasteiger charge is 2.30. The van der Waals surface area contributed by atoms with Gasteiger partial charge in [-0.1, -0.05) is 85.6 Å². The summed E-state index contributed by atoms with van der Waals surface area (Å²) in [6, 6.07) is 19.0. The summed E-state index contributed by atoms with van der Waals surface area (Å²) in [6.07, 6.45) is 2.16. The van der Waals surface area contributed by atoms with Gasteiger partial charge in [0, 0.05) is 34.6 Å². The summed E-state index contributed by atoms with van der Waals surface area (Å²) >= 11 is 12.9. The fourth-order valence-electron chi connectivity index (χ4n) is 4.11. The number of nitrogens with zero attached hydrogens (tertiary/aromatic N) is 1. The van der Waals surface area contributed by atoms with Gasteiger partial charge in [0.2, 0.25) is 11.8 Å². The van der Waals surface area contributed by atoms with Crippen LogP contribution in [0.15, 0.2) is 60.7 Å². The van der Waals surface area contributed by atoms with Crippen molar-refractivity contribution in [3.8, 4) is 0 Å². The van der Waals surface area contributed by atoms with Crippen LogP contribution < -0.4 is 5.32 Å². The van der Waals surface area contributed by atoms with Crippen molar-refractivity contribution in [1.29, 1.82) is 0 Å². The molecular formula is C28H32Cl2N2O2. The van der Waals surface area contributed by atoms with Crippen LogP contribution in [0.1, 0.15) is 51.2 Å². The topological polar surface area (TPSA) is 49.4 Å². The van der Waals surface area contributed by atoms with Crippen molar-refractivity contribution in [2.45, 2.75) is 65.1 Å². The molecule has 34 heavy (non-hydrogen) atoms. The number of carbonyl (C=O) groups is 2. The van der Waals surface area contributed by atoms with Gasteiger partial charge in [0.05, 0.1) is 0 Å². The van der Waals surface area contributed by atoms with Crippen molar-refractivity contribution in [1.82, 2.24) is 10.2 Å². The van der Waals surface area contributed by atoms with Crippen molar-refractivity contribution in [3.05, 3.63) is 81.8 Å². The first-order valence-electron chi connectivity index (χ1n) is 11.8. The van der Waals surface area contributed by atoms with E-state index in [-0.39, 0.29) is 30.8 Å². The standard InChI is InChI=1S/C28H32Cl2N2O2/c1-4-19(3)31-28(34)26(5-2)32(18-23-24(29)14-9-15-25(23)30)27(33)17-16-21-12-8-11-20-10-6-7-13-22(20)21/h6-15,19,26H,4-5,16-18H2,1-3H3,(H,31,34)/t19-,26-/m0/s1. The number of hydrogen-bond acceptors (Lipinski definition) is 2. The van der Waals surface area contributed by atoms with E-state index in [1.807, 2.05) is 39.0 Å². The SMILES string of the molecule is CC[C@H](C)NC(=O)[C@H](CC)N(Cc1c(Cl)cccc1Cl)C(=O)CCc1cccc2ccccc12. The van der Waals surface area contributed by atoms with Crippen LogP contribution >= 0.6 is 23.2 Å². The highest BCUT2D eigenvalue weighted by atomic mass is 35.5. The first kappa shape index (κ1) is 26.1. The van der Waals surface area contributed by atoms with Gasteiger partial charge in [0.1, 0.15) is 6.04 Å². The van der Waals surface area contributed by atoms with Gasteiger partial charge in [-0.2, -0.15) is 0 Å². The molecule has 6 heteroatoms. The second kappa shape index (κ2) is 12.2. The van der Waals surface area contributed by atoms with Crippen LogP contribution in [0.5, 0.6) is 0 Å². The van der Waals surface area contributed by atoms with Gasteiger partial charge in [-0.3, -0.25) is 9.59 Å². The molecule has 0 radical (unpaired) electrons. The van der Waals surface area contributed by atoms with E-state index in [9.17, 15) is 9.59 Å². The Labute approximate surface area is 212 Å². The third kappa shape index (κ3) is 6.31. The fourth-order valence-corrected chi connectivity index (χ4v) is 4.63. The second-order valence-corrected chi connectivity index (χ2v) is 9.42. The summed E-state index contributed by atoms with van der Waals surface area (Å²) in [6.45, 7) is 6.07. The average molecular weight is 499 g/mol. The molecule has 0 aliphatic heterocycles. The maximum atomic E-state index is 13.6. The van der Waals surface area contributed by atoms with E-state index in [0.717, 1.165) is 22.8 Å². The summed E-state index contributed by atoms with van der Waals surface area (Å²) < 4.78 is 0. The molecule has 0 aliphatic rings. The fraction of sp³-hybridized carbons (Fsp3) is 0.357. The van der Waals surface area contributed by atoms with Crippen LogP contribution in [0.3, 0.4) is 0 Å². The number of aryl methyl sites for hydroxylation is 1. The minimum Gasteiger partial charge on any atom is -0.352 e. The molecule has 0 spiro atoms. The Morgan fingerprint density at radius 1 is 0.912 bits per heavy atom. The zero-order chi connectivity index (χ0) is 24.7. The maximum absolute atomic E-state index is 13.6. The van der Waals surface area contributed by atoms with Crippen LogP contribution in [0.2, 0.25) is 10.0 Å². The van der Waals surface area contributed by atoms with Crippen LogP contribution in [0, 0.1) is 0 Å². The molecule has 3 aromatic carbocycles. The van der Waals surface area contributed by atoms with Crippen LogP contribution in [-0.2, 0) is 22.6 Å². The van der Waals surface area contributed by atoms with Gasteiger partial charge in [-0.05, 0) is 54.7 Å². The lowest BCUT2D eigenvalue weighted by atomic mass is 10.00. The summed E-state index contributed by atoms with van der Waals surface area (Å²) in [7, 11) is 0. The van der Waals surface area contributed by atoms with Crippen LogP contribution in [0.4, 0.5) is 0 Å². The van der Waals surface area contributed by atoms with Crippen LogP contribution in [0.25, 0.3) is 10.8 Å². The molecule has 0 aliphatic carbocycles. The van der Waals surface area contributed by atoms with Gasteiger partial charge in [0.15, 0.2) is 0 Å². The van der Waals surface area contributed by atoms with Gasteiger partial charge in [-0.25, -0.2) is 0 Å². The molecule has 2 atom stereocenters. The Balaban J connectivity index is 1.88. The predicted molar refractivity (Wildman–Crippen MR) is 141 cm³/mol. The Morgan fingerprint density at radius 3 is 2.24 bits per heavy atom. The molecule has 0 saturated heterocycles. The normalized spacial score (nSPS) is 12.9. The highest BCUT2D eigenvalue weighted by molar-refractivity contribution is 6.36. The molecule has 2 amide bonds. The molecule has 180 valence electrons. The molecule has 0 heterocycles. The van der Waals surface area contributed by atoms with Crippen molar-refractivity contribution in [3.63, 3.8) is 0 Å². The molecule has 3 aromatic rings. The number of halogens is 2. The number of carbonyl (C=O) groups excluding carboxylic acids is 2. The average Bonchev–Trinajstić information content (AvgIpc) is 2.84. The van der Waals surface area contributed by atoms with Crippen molar-refractivity contribution in [2.24, 2.45) is 0 Å². The molecule has 0 fully saturated rings. The number of fused-ring (bicyclic) bond motifs is 1. The lowest BCUT2D eigenvalue weighted by molar-refractivity contribution is -0.141. The van der Waals surface area contributed by atoms with E-state index in [2.05, 4.69) is 29.6 Å². The van der Waals surface area contributed by atoms with Gasteiger partial charge in [0.25, 0.3) is 0 Å². The number of benzene rings is 3. The van der Waals surface area contributed by atoms with Crippen molar-refractivity contribution >= 4 is 45.8 Å². The molecule has 0 saturated carbocycles. The van der Waals surface area contributed by atoms with E-state index in [1.165, 1.54) is 0 Å². The third-order valence-electron chi connectivity index (χ3n) is 6.27. The largest absolute Gasteiger partial charge is 0.352 e. The Kier molecular flexibility index (Phi) is 9.37. The molecule has 4 nitrogen and oxygen atoms in total. The minimum absolute atomic E-state index is 0.0260. The number of hydrogen-bond donors (Lipinski definition) is 1. The Hall–Kier alpha value is -2.56. The monoisotopic (exact) mass is 498 g/mol. The molecule has 0 unspecified atom stereocenters. The van der Waals surface area contributed by atoms with Gasteiger partial charge >= 0.3 is 0 Å². The van der Waals surface area contributed by atoms with E-state index in [0.29, 0.717) is 28.5 Å². The third-order valence-corrected chi connectivity index (χ3v) is 6.97. The van der Waals surface area contributed by atoms with E-state index < -0.39 is 6.04 Å². The highest BCUT2D eigenvalue weighted by Crippen LogP contribution is 2.28. The van der Waals surface area contributed by atoms with Crippen molar-refractivity contribution < 1.29 is 9.59 Å². The first-order chi connectivity index (χ1) is 16.3. The second-order valence-electron chi connectivity index (χ2n) is 8.60. The molecule has 0 aromatic heterocycles. The Bertz CT molecular complexity index is 1120. The summed E-state index contributed by atoms with van der Waals surface area (Å²) in [4.78, 5) is 28.4. The van der Waals surface area contributed by atoms with E-state index in [1.54, 1.807) is 23.1 Å². The molecular weight excluding hydrogens is 467 g/mol. The van der Waals surface area contributed by atoms with E-state index in [4.69, 9.17) is 23.2 Å². The van der Waals surface area contributed by atoms with Gasteiger partial charge in [-0.15, -0.1) is 0 Å². The zero-order valence-corrected chi connectivity index (χ0v) is 21.5.